The summed E-state index contributed by atoms with van der Waals surface area (Å²) < 4.78 is 15.0. The average Bonchev–Trinajstić information content (AvgIpc) is 3.24. The third kappa shape index (κ3) is 4.19. The molecule has 1 saturated heterocycles. The highest BCUT2D eigenvalue weighted by Crippen LogP contribution is 2.32. The number of hydrogen-bond donors (Lipinski definition) is 0. The normalized spacial score (nSPS) is 16.5. The number of aromatic nitrogens is 2. The molecule has 6 heteroatoms. The van der Waals surface area contributed by atoms with Gasteiger partial charge in [0.05, 0.1) is 30.8 Å². The van der Waals surface area contributed by atoms with Crippen LogP contribution in [0.3, 0.4) is 0 Å². The maximum Gasteiger partial charge on any atom is 0.223 e. The van der Waals surface area contributed by atoms with Crippen molar-refractivity contribution in [1.82, 2.24) is 14.7 Å². The van der Waals surface area contributed by atoms with E-state index in [1.807, 2.05) is 23.4 Å². The van der Waals surface area contributed by atoms with Crippen LogP contribution in [0.25, 0.3) is 0 Å². The van der Waals surface area contributed by atoms with Gasteiger partial charge >= 0.3 is 0 Å². The minimum atomic E-state index is -0.256. The number of nitriles is 1. The SMILES string of the molecule is Cc1nn(CCC#N)c(C)c1CCC(=O)N1CCCC1c1ccc(F)cc1. The fourth-order valence-corrected chi connectivity index (χ4v) is 3.94. The van der Waals surface area contributed by atoms with Gasteiger partial charge in [-0.3, -0.25) is 9.48 Å². The topological polar surface area (TPSA) is 61.9 Å². The molecule has 0 spiro atoms. The van der Waals surface area contributed by atoms with E-state index in [-0.39, 0.29) is 17.8 Å². The summed E-state index contributed by atoms with van der Waals surface area (Å²) in [6.45, 7) is 5.28. The van der Waals surface area contributed by atoms with E-state index >= 15 is 0 Å². The Labute approximate surface area is 159 Å². The molecule has 1 unspecified atom stereocenters. The van der Waals surface area contributed by atoms with E-state index < -0.39 is 0 Å². The van der Waals surface area contributed by atoms with E-state index in [4.69, 9.17) is 5.26 Å². The predicted octanol–water partition coefficient (Wildman–Crippen LogP) is 3.85. The molecule has 0 saturated carbocycles. The van der Waals surface area contributed by atoms with Gasteiger partial charge in [-0.1, -0.05) is 12.1 Å². The Balaban J connectivity index is 1.66. The number of rotatable bonds is 6. The smallest absolute Gasteiger partial charge is 0.223 e. The Bertz CT molecular complexity index is 850. The number of carbonyl (C=O) groups is 1. The van der Waals surface area contributed by atoms with E-state index in [9.17, 15) is 9.18 Å². The van der Waals surface area contributed by atoms with Crippen LogP contribution >= 0.6 is 0 Å². The molecule has 0 bridgehead atoms. The summed E-state index contributed by atoms with van der Waals surface area (Å²) in [4.78, 5) is 14.8. The fourth-order valence-electron chi connectivity index (χ4n) is 3.94. The lowest BCUT2D eigenvalue weighted by Crippen LogP contribution is -2.30. The van der Waals surface area contributed by atoms with Gasteiger partial charge in [-0.05, 0) is 56.4 Å². The molecule has 2 aromatic rings. The summed E-state index contributed by atoms with van der Waals surface area (Å²) in [7, 11) is 0. The first-order valence-electron chi connectivity index (χ1n) is 9.46. The molecule has 1 aliphatic heterocycles. The Morgan fingerprint density at radius 2 is 2.07 bits per heavy atom. The molecular weight excluding hydrogens is 343 g/mol. The fraction of sp³-hybridized carbons (Fsp3) is 0.476. The van der Waals surface area contributed by atoms with Crippen LogP contribution in [-0.4, -0.2) is 27.1 Å². The van der Waals surface area contributed by atoms with Crippen molar-refractivity contribution in [3.8, 4) is 6.07 Å². The first-order valence-corrected chi connectivity index (χ1v) is 9.46. The van der Waals surface area contributed by atoms with Crippen LogP contribution < -0.4 is 0 Å². The molecule has 1 atom stereocenters. The minimum absolute atomic E-state index is 0.0404. The van der Waals surface area contributed by atoms with Gasteiger partial charge in [0.15, 0.2) is 0 Å². The molecule has 142 valence electrons. The van der Waals surface area contributed by atoms with Crippen molar-refractivity contribution in [3.05, 3.63) is 52.6 Å². The van der Waals surface area contributed by atoms with Gasteiger partial charge in [0, 0.05) is 18.7 Å². The Morgan fingerprint density at radius 1 is 1.33 bits per heavy atom. The van der Waals surface area contributed by atoms with Crippen molar-refractivity contribution in [2.45, 2.75) is 58.5 Å². The Morgan fingerprint density at radius 3 is 2.78 bits per heavy atom. The van der Waals surface area contributed by atoms with Gasteiger partial charge in [-0.2, -0.15) is 10.4 Å². The van der Waals surface area contributed by atoms with Gasteiger partial charge < -0.3 is 4.90 Å². The monoisotopic (exact) mass is 368 g/mol. The molecule has 2 heterocycles. The number of likely N-dealkylation sites (tertiary alicyclic amines) is 1. The number of benzene rings is 1. The zero-order chi connectivity index (χ0) is 19.4. The number of hydrogen-bond acceptors (Lipinski definition) is 3. The molecule has 1 aromatic heterocycles. The van der Waals surface area contributed by atoms with E-state index in [2.05, 4.69) is 11.2 Å². The number of amides is 1. The van der Waals surface area contributed by atoms with Gasteiger partial charge in [0.25, 0.3) is 0 Å². The molecule has 1 amide bonds. The average molecular weight is 368 g/mol. The molecule has 1 aliphatic rings. The summed E-state index contributed by atoms with van der Waals surface area (Å²) in [5.74, 6) is -0.126. The molecule has 0 radical (unpaired) electrons. The number of nitrogens with zero attached hydrogens (tertiary/aromatic N) is 4. The van der Waals surface area contributed by atoms with Crippen LogP contribution in [-0.2, 0) is 17.8 Å². The zero-order valence-corrected chi connectivity index (χ0v) is 15.9. The Kier molecular flexibility index (Phi) is 5.90. The van der Waals surface area contributed by atoms with Crippen molar-refractivity contribution >= 4 is 5.91 Å². The lowest BCUT2D eigenvalue weighted by Gasteiger charge is -2.25. The van der Waals surface area contributed by atoms with Gasteiger partial charge in [0.2, 0.25) is 5.91 Å². The molecule has 1 fully saturated rings. The van der Waals surface area contributed by atoms with Crippen LogP contribution in [0.4, 0.5) is 4.39 Å². The van der Waals surface area contributed by atoms with Crippen LogP contribution in [0.1, 0.15) is 54.2 Å². The number of halogens is 1. The van der Waals surface area contributed by atoms with Gasteiger partial charge in [0.1, 0.15) is 5.82 Å². The number of carbonyl (C=O) groups excluding carboxylic acids is 1. The molecule has 27 heavy (non-hydrogen) atoms. The summed E-state index contributed by atoms with van der Waals surface area (Å²) >= 11 is 0. The van der Waals surface area contributed by atoms with Crippen molar-refractivity contribution < 1.29 is 9.18 Å². The van der Waals surface area contributed by atoms with Crippen LogP contribution in [0.15, 0.2) is 24.3 Å². The summed E-state index contributed by atoms with van der Waals surface area (Å²) in [6.07, 6.45) is 3.39. The largest absolute Gasteiger partial charge is 0.336 e. The molecular formula is C21H25FN4O. The minimum Gasteiger partial charge on any atom is -0.336 e. The predicted molar refractivity (Wildman–Crippen MR) is 100 cm³/mol. The van der Waals surface area contributed by atoms with Crippen LogP contribution in [0.5, 0.6) is 0 Å². The highest BCUT2D eigenvalue weighted by Gasteiger charge is 2.29. The van der Waals surface area contributed by atoms with Crippen molar-refractivity contribution in [2.24, 2.45) is 0 Å². The molecule has 5 nitrogen and oxygen atoms in total. The summed E-state index contributed by atoms with van der Waals surface area (Å²) in [5, 5.41) is 13.3. The van der Waals surface area contributed by atoms with E-state index in [1.54, 1.807) is 12.1 Å². The molecule has 0 N–H and O–H groups in total. The van der Waals surface area contributed by atoms with E-state index in [0.717, 1.165) is 41.9 Å². The van der Waals surface area contributed by atoms with Crippen molar-refractivity contribution in [3.63, 3.8) is 0 Å². The van der Waals surface area contributed by atoms with Crippen molar-refractivity contribution in [1.29, 1.82) is 5.26 Å². The second-order valence-corrected chi connectivity index (χ2v) is 7.08. The molecule has 3 rings (SSSR count). The summed E-state index contributed by atoms with van der Waals surface area (Å²) in [6, 6.07) is 8.65. The lowest BCUT2D eigenvalue weighted by atomic mass is 10.0. The maximum atomic E-state index is 13.2. The second kappa shape index (κ2) is 8.34. The standard InChI is InChI=1S/C21H25FN4O/c1-15-19(16(2)26(24-15)14-4-12-23)10-11-21(27)25-13-3-5-20(25)17-6-8-18(22)9-7-17/h6-9,20H,3-5,10-11,13-14H2,1-2H3. The van der Waals surface area contributed by atoms with E-state index in [0.29, 0.717) is 25.8 Å². The lowest BCUT2D eigenvalue weighted by molar-refractivity contribution is -0.132. The maximum absolute atomic E-state index is 13.2. The molecule has 1 aromatic carbocycles. The third-order valence-corrected chi connectivity index (χ3v) is 5.38. The van der Waals surface area contributed by atoms with Gasteiger partial charge in [-0.15, -0.1) is 0 Å². The first kappa shape index (κ1) is 19.1. The second-order valence-electron chi connectivity index (χ2n) is 7.08. The first-order chi connectivity index (χ1) is 13.0. The highest BCUT2D eigenvalue weighted by atomic mass is 19.1. The number of aryl methyl sites for hydroxylation is 2. The Hall–Kier alpha value is -2.68. The van der Waals surface area contributed by atoms with Crippen LogP contribution in [0.2, 0.25) is 0 Å². The van der Waals surface area contributed by atoms with Crippen LogP contribution in [0, 0.1) is 31.0 Å². The highest BCUT2D eigenvalue weighted by molar-refractivity contribution is 5.77. The zero-order valence-electron chi connectivity index (χ0n) is 15.9. The van der Waals surface area contributed by atoms with Crippen molar-refractivity contribution in [2.75, 3.05) is 6.54 Å². The van der Waals surface area contributed by atoms with E-state index in [1.165, 1.54) is 12.1 Å². The molecule has 0 aliphatic carbocycles. The third-order valence-electron chi connectivity index (χ3n) is 5.38. The van der Waals surface area contributed by atoms with Gasteiger partial charge in [-0.25, -0.2) is 4.39 Å². The summed E-state index contributed by atoms with van der Waals surface area (Å²) in [5.41, 5.74) is 4.06. The quantitative estimate of drug-likeness (QED) is 0.778.